The average Bonchev–Trinajstić information content (AvgIpc) is 3.58. The lowest BCUT2D eigenvalue weighted by Gasteiger charge is -2.38. The van der Waals surface area contributed by atoms with Gasteiger partial charge in [-0.25, -0.2) is 9.78 Å². The largest absolute Gasteiger partial charge is 0.439 e. The molecule has 0 bridgehead atoms. The van der Waals surface area contributed by atoms with E-state index >= 15 is 0 Å². The summed E-state index contributed by atoms with van der Waals surface area (Å²) in [6.07, 6.45) is 5.89. The van der Waals surface area contributed by atoms with Crippen LogP contribution in [-0.2, 0) is 9.59 Å². The maximum absolute atomic E-state index is 12.6. The van der Waals surface area contributed by atoms with Gasteiger partial charge in [-0.2, -0.15) is 0 Å². The maximum atomic E-state index is 12.6. The number of imide groups is 2. The van der Waals surface area contributed by atoms with Gasteiger partial charge in [-0.1, -0.05) is 5.16 Å². The minimum Gasteiger partial charge on any atom is -0.439 e. The van der Waals surface area contributed by atoms with E-state index in [0.29, 0.717) is 48.2 Å². The first-order valence-electron chi connectivity index (χ1n) is 11.6. The summed E-state index contributed by atoms with van der Waals surface area (Å²) in [6, 6.07) is 15.5. The Kier molecular flexibility index (Phi) is 5.37. The molecular formula is C26H20N6O5. The van der Waals surface area contributed by atoms with E-state index in [1.54, 1.807) is 47.8 Å². The Hall–Kier alpha value is -5.06. The molecule has 11 heteroatoms. The molecule has 1 spiro atoms. The number of hydrogen-bond donors (Lipinski definition) is 2. The van der Waals surface area contributed by atoms with Gasteiger partial charge in [0.2, 0.25) is 5.88 Å². The first-order valence-corrected chi connectivity index (χ1v) is 11.6. The topological polar surface area (TPSA) is 140 Å². The molecule has 0 unspecified atom stereocenters. The zero-order valence-electron chi connectivity index (χ0n) is 19.4. The molecule has 0 saturated carbocycles. The number of aromatic nitrogens is 3. The number of urea groups is 1. The van der Waals surface area contributed by atoms with Gasteiger partial charge in [0.05, 0.1) is 11.9 Å². The SMILES string of the molecule is O=C1NC(=O)C2(CCCN2c2ccc(Oc3ccc(-c4cc(-c5cccnc5)no4)cc3)nc2)C(=O)N1. The van der Waals surface area contributed by atoms with Crippen molar-refractivity contribution in [2.24, 2.45) is 0 Å². The fraction of sp³-hybridized carbons (Fsp3) is 0.154. The number of benzene rings is 1. The summed E-state index contributed by atoms with van der Waals surface area (Å²) in [4.78, 5) is 46.9. The van der Waals surface area contributed by atoms with E-state index < -0.39 is 23.4 Å². The Bertz CT molecular complexity index is 1460. The highest BCUT2D eigenvalue weighted by Crippen LogP contribution is 2.36. The second-order valence-corrected chi connectivity index (χ2v) is 8.65. The molecule has 6 rings (SSSR count). The standard InChI is InChI=1S/C26H20N6O5/c33-23-26(24(34)30-25(35)29-23)10-2-12-32(26)18-6-9-22(28-15-18)36-19-7-4-16(5-8-19)21-13-20(31-37-21)17-3-1-11-27-14-17/h1,3-9,11,13-15H,2,10,12H2,(H2,29,30,33,34,35). The van der Waals surface area contributed by atoms with E-state index in [0.717, 1.165) is 11.1 Å². The Balaban J connectivity index is 1.16. The highest BCUT2D eigenvalue weighted by molar-refractivity contribution is 6.24. The van der Waals surface area contributed by atoms with Crippen molar-refractivity contribution in [1.82, 2.24) is 25.8 Å². The number of nitrogens with one attached hydrogen (secondary N) is 2. The van der Waals surface area contributed by atoms with Crippen LogP contribution in [0.5, 0.6) is 11.6 Å². The Morgan fingerprint density at radius 3 is 2.46 bits per heavy atom. The van der Waals surface area contributed by atoms with Crippen LogP contribution in [0.3, 0.4) is 0 Å². The molecule has 0 aliphatic carbocycles. The minimum absolute atomic E-state index is 0.303. The lowest BCUT2D eigenvalue weighted by atomic mass is 9.92. The molecule has 2 aliphatic heterocycles. The van der Waals surface area contributed by atoms with Crippen LogP contribution in [0, 0.1) is 0 Å². The zero-order valence-corrected chi connectivity index (χ0v) is 19.4. The van der Waals surface area contributed by atoms with Gasteiger partial charge in [-0.3, -0.25) is 25.2 Å². The van der Waals surface area contributed by atoms with Crippen molar-refractivity contribution in [3.8, 4) is 34.2 Å². The van der Waals surface area contributed by atoms with Crippen LogP contribution >= 0.6 is 0 Å². The summed E-state index contributed by atoms with van der Waals surface area (Å²) >= 11 is 0. The van der Waals surface area contributed by atoms with Gasteiger partial charge < -0.3 is 14.2 Å². The fourth-order valence-electron chi connectivity index (χ4n) is 4.65. The van der Waals surface area contributed by atoms with E-state index in [9.17, 15) is 14.4 Å². The number of carbonyl (C=O) groups is 3. The van der Waals surface area contributed by atoms with Gasteiger partial charge in [0.15, 0.2) is 11.3 Å². The first-order chi connectivity index (χ1) is 18.0. The van der Waals surface area contributed by atoms with Crippen molar-refractivity contribution in [3.63, 3.8) is 0 Å². The van der Waals surface area contributed by atoms with Gasteiger partial charge in [-0.15, -0.1) is 0 Å². The molecule has 11 nitrogen and oxygen atoms in total. The zero-order chi connectivity index (χ0) is 25.4. The third-order valence-electron chi connectivity index (χ3n) is 6.45. The second-order valence-electron chi connectivity index (χ2n) is 8.65. The van der Waals surface area contributed by atoms with Crippen LogP contribution in [0.1, 0.15) is 12.8 Å². The molecule has 0 atom stereocenters. The van der Waals surface area contributed by atoms with Crippen molar-refractivity contribution < 1.29 is 23.6 Å². The third-order valence-corrected chi connectivity index (χ3v) is 6.45. The summed E-state index contributed by atoms with van der Waals surface area (Å²) < 4.78 is 11.3. The molecule has 2 aliphatic rings. The highest BCUT2D eigenvalue weighted by Gasteiger charge is 2.57. The number of rotatable bonds is 5. The molecule has 2 N–H and O–H groups in total. The summed E-state index contributed by atoms with van der Waals surface area (Å²) in [5, 5.41) is 8.52. The summed E-state index contributed by atoms with van der Waals surface area (Å²) in [6.45, 7) is 0.475. The monoisotopic (exact) mass is 496 g/mol. The smallest absolute Gasteiger partial charge is 0.328 e. The number of pyridine rings is 2. The van der Waals surface area contributed by atoms with Crippen molar-refractivity contribution >= 4 is 23.5 Å². The molecule has 37 heavy (non-hydrogen) atoms. The van der Waals surface area contributed by atoms with Crippen molar-refractivity contribution in [2.45, 2.75) is 18.4 Å². The molecule has 2 fully saturated rings. The summed E-state index contributed by atoms with van der Waals surface area (Å²) in [5.74, 6) is 0.274. The lowest BCUT2D eigenvalue weighted by Crippen LogP contribution is -2.71. The van der Waals surface area contributed by atoms with Gasteiger partial charge in [0.25, 0.3) is 11.8 Å². The number of amides is 4. The van der Waals surface area contributed by atoms with Crippen molar-refractivity contribution in [1.29, 1.82) is 0 Å². The molecule has 0 radical (unpaired) electrons. The number of carbonyl (C=O) groups excluding carboxylic acids is 3. The first kappa shape index (κ1) is 22.4. The molecular weight excluding hydrogens is 476 g/mol. The number of ether oxygens (including phenoxy) is 1. The Morgan fingerprint density at radius 1 is 0.946 bits per heavy atom. The molecule has 2 saturated heterocycles. The maximum Gasteiger partial charge on any atom is 0.328 e. The Morgan fingerprint density at radius 2 is 1.76 bits per heavy atom. The van der Waals surface area contributed by atoms with Gasteiger partial charge in [-0.05, 0) is 55.3 Å². The van der Waals surface area contributed by atoms with Gasteiger partial charge >= 0.3 is 6.03 Å². The lowest BCUT2D eigenvalue weighted by molar-refractivity contribution is -0.137. The molecule has 4 amide bonds. The predicted molar refractivity (Wildman–Crippen MR) is 130 cm³/mol. The van der Waals surface area contributed by atoms with Crippen molar-refractivity contribution in [3.05, 3.63) is 73.2 Å². The van der Waals surface area contributed by atoms with Crippen LogP contribution in [-0.4, -0.2) is 45.1 Å². The second kappa shape index (κ2) is 8.86. The summed E-state index contributed by atoms with van der Waals surface area (Å²) in [5.41, 5.74) is 1.51. The molecule has 4 aromatic rings. The molecule has 5 heterocycles. The Labute approximate surface area is 210 Å². The number of anilines is 1. The predicted octanol–water partition coefficient (Wildman–Crippen LogP) is 3.30. The van der Waals surface area contributed by atoms with E-state index in [1.807, 2.05) is 30.3 Å². The molecule has 1 aromatic carbocycles. The number of hydrogen-bond acceptors (Lipinski definition) is 9. The van der Waals surface area contributed by atoms with E-state index in [1.165, 1.54) is 0 Å². The van der Waals surface area contributed by atoms with E-state index in [2.05, 4.69) is 25.8 Å². The molecule has 184 valence electrons. The van der Waals surface area contributed by atoms with Crippen LogP contribution in [0.4, 0.5) is 10.5 Å². The van der Waals surface area contributed by atoms with Crippen LogP contribution in [0.25, 0.3) is 22.6 Å². The normalized spacial score (nSPS) is 16.5. The van der Waals surface area contributed by atoms with E-state index in [4.69, 9.17) is 9.26 Å². The van der Waals surface area contributed by atoms with Gasteiger partial charge in [0, 0.05) is 42.2 Å². The third kappa shape index (κ3) is 3.96. The minimum atomic E-state index is -1.47. The summed E-state index contributed by atoms with van der Waals surface area (Å²) in [7, 11) is 0. The van der Waals surface area contributed by atoms with Crippen LogP contribution in [0.2, 0.25) is 0 Å². The van der Waals surface area contributed by atoms with Crippen LogP contribution < -0.4 is 20.3 Å². The quantitative estimate of drug-likeness (QED) is 0.398. The van der Waals surface area contributed by atoms with Gasteiger partial charge in [0.1, 0.15) is 11.4 Å². The van der Waals surface area contributed by atoms with Crippen LogP contribution in [0.15, 0.2) is 77.7 Å². The fourth-order valence-corrected chi connectivity index (χ4v) is 4.65. The van der Waals surface area contributed by atoms with Crippen molar-refractivity contribution in [2.75, 3.05) is 11.4 Å². The van der Waals surface area contributed by atoms with E-state index in [-0.39, 0.29) is 0 Å². The average molecular weight is 496 g/mol. The molecule has 3 aromatic heterocycles. The number of nitrogens with zero attached hydrogens (tertiary/aromatic N) is 4. The number of barbiturate groups is 1. The highest BCUT2D eigenvalue weighted by atomic mass is 16.5.